The van der Waals surface area contributed by atoms with E-state index in [1.165, 1.54) is 24.6 Å². The smallest absolute Gasteiger partial charge is 0.196 e. The maximum atomic E-state index is 5.73. The number of terminal acetylenes is 1. The fraction of sp³-hybridized carbons (Fsp3) is 0.286. The van der Waals surface area contributed by atoms with Crippen LogP contribution in [0.1, 0.15) is 18.5 Å². The maximum Gasteiger partial charge on any atom is 0.196 e. The van der Waals surface area contributed by atoms with Crippen molar-refractivity contribution in [2.24, 2.45) is 0 Å². The van der Waals surface area contributed by atoms with Gasteiger partial charge in [-0.2, -0.15) is 0 Å². The van der Waals surface area contributed by atoms with Crippen LogP contribution in [0.4, 0.5) is 11.7 Å². The Hall–Kier alpha value is -2.13. The maximum absolute atomic E-state index is 5.73. The van der Waals surface area contributed by atoms with E-state index >= 15 is 0 Å². The summed E-state index contributed by atoms with van der Waals surface area (Å²) in [6.07, 6.45) is 11.1. The van der Waals surface area contributed by atoms with Crippen molar-refractivity contribution in [3.63, 3.8) is 0 Å². The van der Waals surface area contributed by atoms with Gasteiger partial charge in [0, 0.05) is 19.2 Å². The summed E-state index contributed by atoms with van der Waals surface area (Å²) in [7, 11) is 0. The number of nitrogens with zero attached hydrogens (tertiary/aromatic N) is 3. The summed E-state index contributed by atoms with van der Waals surface area (Å²) < 4.78 is 5.59. The number of hydrogen-bond acceptors (Lipinski definition) is 6. The molecule has 0 bridgehead atoms. The molecule has 0 unspecified atom stereocenters. The normalized spacial score (nSPS) is 14.4. The third-order valence-corrected chi connectivity index (χ3v) is 3.97. The van der Waals surface area contributed by atoms with Crippen molar-refractivity contribution in [2.45, 2.75) is 22.8 Å². The molecule has 20 heavy (non-hydrogen) atoms. The number of hydrogen-bond donors (Lipinski definition) is 1. The second-order valence-electron chi connectivity index (χ2n) is 4.50. The minimum Gasteiger partial charge on any atom is -0.448 e. The van der Waals surface area contributed by atoms with E-state index in [1.54, 1.807) is 12.5 Å². The van der Waals surface area contributed by atoms with Crippen LogP contribution in [0.5, 0.6) is 0 Å². The van der Waals surface area contributed by atoms with Crippen LogP contribution in [0.25, 0.3) is 0 Å². The van der Waals surface area contributed by atoms with E-state index < -0.39 is 0 Å². The summed E-state index contributed by atoms with van der Waals surface area (Å²) >= 11 is 1.46. The minimum absolute atomic E-state index is 0.278. The molecule has 2 aromatic rings. The Balaban J connectivity index is 1.74. The molecule has 0 saturated carbocycles. The molecule has 0 radical (unpaired) electrons. The predicted molar refractivity (Wildman–Crippen MR) is 78.7 cm³/mol. The lowest BCUT2D eigenvalue weighted by Crippen LogP contribution is -2.16. The molecular formula is C14H14N4OS. The van der Waals surface area contributed by atoms with Crippen molar-refractivity contribution in [3.05, 3.63) is 24.2 Å². The molecule has 0 aliphatic carbocycles. The molecule has 1 saturated heterocycles. The molecule has 1 fully saturated rings. The highest BCUT2D eigenvalue weighted by atomic mass is 32.2. The van der Waals surface area contributed by atoms with Crippen LogP contribution < -0.4 is 10.6 Å². The molecule has 1 aliphatic rings. The van der Waals surface area contributed by atoms with E-state index in [2.05, 4.69) is 20.8 Å². The summed E-state index contributed by atoms with van der Waals surface area (Å²) in [5.74, 6) is 3.58. The topological polar surface area (TPSA) is 68.2 Å². The van der Waals surface area contributed by atoms with E-state index in [0.717, 1.165) is 23.9 Å². The number of rotatable bonds is 3. The molecule has 1 aliphatic heterocycles. The third-order valence-electron chi connectivity index (χ3n) is 3.12. The second-order valence-corrected chi connectivity index (χ2v) is 5.60. The first-order valence-electron chi connectivity index (χ1n) is 6.37. The van der Waals surface area contributed by atoms with Crippen LogP contribution >= 0.6 is 11.8 Å². The van der Waals surface area contributed by atoms with Crippen molar-refractivity contribution in [1.29, 1.82) is 0 Å². The van der Waals surface area contributed by atoms with Crippen molar-refractivity contribution in [3.8, 4) is 12.3 Å². The van der Waals surface area contributed by atoms with Gasteiger partial charge in [0.15, 0.2) is 17.4 Å². The average Bonchev–Trinajstić information content (AvgIpc) is 3.09. The Kier molecular flexibility index (Phi) is 3.52. The number of nitrogens with two attached hydrogens (primary N) is 1. The molecule has 5 nitrogen and oxygen atoms in total. The van der Waals surface area contributed by atoms with Gasteiger partial charge in [-0.05, 0) is 18.8 Å². The first-order chi connectivity index (χ1) is 9.76. The SMILES string of the molecule is C#Cc1ncc(Sc2coc(N3CCCC3)c2)nc1N. The van der Waals surface area contributed by atoms with Crippen LogP contribution in [0.3, 0.4) is 0 Å². The Morgan fingerprint density at radius 3 is 2.90 bits per heavy atom. The van der Waals surface area contributed by atoms with Crippen molar-refractivity contribution >= 4 is 23.5 Å². The fourth-order valence-electron chi connectivity index (χ4n) is 2.13. The van der Waals surface area contributed by atoms with Crippen LogP contribution in [-0.2, 0) is 0 Å². The Morgan fingerprint density at radius 1 is 1.40 bits per heavy atom. The van der Waals surface area contributed by atoms with Gasteiger partial charge in [0.25, 0.3) is 0 Å². The molecule has 3 heterocycles. The summed E-state index contributed by atoms with van der Waals surface area (Å²) in [5.41, 5.74) is 6.10. The van der Waals surface area contributed by atoms with Gasteiger partial charge in [-0.1, -0.05) is 11.8 Å². The molecule has 0 aromatic carbocycles. The standard InChI is InChI=1S/C14H14N4OS/c1-2-11-14(15)17-12(8-16-11)20-10-7-13(19-9-10)18-5-3-4-6-18/h1,7-9H,3-6H2,(H2,15,17). The van der Waals surface area contributed by atoms with Gasteiger partial charge < -0.3 is 15.1 Å². The lowest BCUT2D eigenvalue weighted by Gasteiger charge is -2.12. The number of nitrogen functional groups attached to an aromatic ring is 1. The zero-order valence-electron chi connectivity index (χ0n) is 10.9. The largest absolute Gasteiger partial charge is 0.448 e. The summed E-state index contributed by atoms with van der Waals surface area (Å²) in [6.45, 7) is 2.11. The van der Waals surface area contributed by atoms with Gasteiger partial charge in [0.05, 0.1) is 11.1 Å². The van der Waals surface area contributed by atoms with Crippen molar-refractivity contribution in [2.75, 3.05) is 23.7 Å². The highest BCUT2D eigenvalue weighted by molar-refractivity contribution is 7.99. The number of aromatic nitrogens is 2. The number of anilines is 2. The molecule has 102 valence electrons. The Labute approximate surface area is 121 Å². The second kappa shape index (κ2) is 5.47. The molecule has 6 heteroatoms. The van der Waals surface area contributed by atoms with Crippen molar-refractivity contribution in [1.82, 2.24) is 9.97 Å². The van der Waals surface area contributed by atoms with Gasteiger partial charge in [-0.15, -0.1) is 6.42 Å². The molecule has 2 N–H and O–H groups in total. The lowest BCUT2D eigenvalue weighted by molar-refractivity contribution is 0.552. The summed E-state index contributed by atoms with van der Waals surface area (Å²) in [6, 6.07) is 2.02. The lowest BCUT2D eigenvalue weighted by atomic mass is 10.4. The van der Waals surface area contributed by atoms with Gasteiger partial charge >= 0.3 is 0 Å². The zero-order chi connectivity index (χ0) is 13.9. The van der Waals surface area contributed by atoms with E-state index in [4.69, 9.17) is 16.6 Å². The average molecular weight is 286 g/mol. The molecule has 0 spiro atoms. The van der Waals surface area contributed by atoms with Gasteiger partial charge in [0.2, 0.25) is 0 Å². The Morgan fingerprint density at radius 2 is 2.20 bits per heavy atom. The quantitative estimate of drug-likeness (QED) is 0.874. The number of furan rings is 1. The summed E-state index contributed by atoms with van der Waals surface area (Å²) in [4.78, 5) is 11.5. The van der Waals surface area contributed by atoms with Gasteiger partial charge in [-0.3, -0.25) is 0 Å². The van der Waals surface area contributed by atoms with Crippen LogP contribution in [0.15, 0.2) is 32.9 Å². The molecular weight excluding hydrogens is 272 g/mol. The fourth-order valence-corrected chi connectivity index (χ4v) is 2.88. The zero-order valence-corrected chi connectivity index (χ0v) is 11.7. The molecule has 0 atom stereocenters. The Bertz CT molecular complexity index is 655. The first kappa shape index (κ1) is 12.9. The highest BCUT2D eigenvalue weighted by Crippen LogP contribution is 2.32. The van der Waals surface area contributed by atoms with Crippen LogP contribution in [-0.4, -0.2) is 23.1 Å². The minimum atomic E-state index is 0.278. The van der Waals surface area contributed by atoms with E-state index in [9.17, 15) is 0 Å². The van der Waals surface area contributed by atoms with Crippen LogP contribution in [0.2, 0.25) is 0 Å². The van der Waals surface area contributed by atoms with E-state index in [-0.39, 0.29) is 5.82 Å². The first-order valence-corrected chi connectivity index (χ1v) is 7.18. The van der Waals surface area contributed by atoms with E-state index in [1.807, 2.05) is 6.07 Å². The van der Waals surface area contributed by atoms with Gasteiger partial charge in [0.1, 0.15) is 11.3 Å². The van der Waals surface area contributed by atoms with E-state index in [0.29, 0.717) is 10.7 Å². The molecule has 2 aromatic heterocycles. The monoisotopic (exact) mass is 286 g/mol. The third kappa shape index (κ3) is 2.58. The van der Waals surface area contributed by atoms with Gasteiger partial charge in [-0.25, -0.2) is 9.97 Å². The summed E-state index contributed by atoms with van der Waals surface area (Å²) in [5, 5.41) is 0.704. The van der Waals surface area contributed by atoms with Crippen molar-refractivity contribution < 1.29 is 4.42 Å². The molecule has 3 rings (SSSR count). The molecule has 0 amide bonds. The predicted octanol–water partition coefficient (Wildman–Crippen LogP) is 2.38. The van der Waals surface area contributed by atoms with Crippen LogP contribution in [0, 0.1) is 12.3 Å². The highest BCUT2D eigenvalue weighted by Gasteiger charge is 2.16.